The lowest BCUT2D eigenvalue weighted by atomic mass is 10.2. The Morgan fingerprint density at radius 3 is 2.86 bits per heavy atom. The molecule has 14 heavy (non-hydrogen) atoms. The zero-order valence-corrected chi connectivity index (χ0v) is 9.49. The van der Waals surface area contributed by atoms with Crippen LogP contribution < -0.4 is 4.80 Å². The molecule has 0 bridgehead atoms. The molecule has 1 aromatic heterocycles. The topological polar surface area (TPSA) is 38.0 Å². The minimum atomic E-state index is 0.330. The lowest BCUT2D eigenvalue weighted by Gasteiger charge is -2.11. The largest absolute Gasteiger partial charge is 0.376 e. The van der Waals surface area contributed by atoms with Crippen molar-refractivity contribution in [2.75, 3.05) is 6.61 Å². The Morgan fingerprint density at radius 2 is 2.36 bits per heavy atom. The summed E-state index contributed by atoms with van der Waals surface area (Å²) in [5.74, 6) is 0. The highest BCUT2D eigenvalue weighted by Gasteiger charge is 2.17. The molecule has 0 radical (unpaired) electrons. The highest BCUT2D eigenvalue weighted by Crippen LogP contribution is 2.16. The van der Waals surface area contributed by atoms with Gasteiger partial charge in [-0.15, -0.1) is 11.3 Å². The first-order valence-corrected chi connectivity index (χ1v) is 5.83. The van der Waals surface area contributed by atoms with E-state index in [0.29, 0.717) is 10.9 Å². The fourth-order valence-corrected chi connectivity index (χ4v) is 2.70. The molecule has 1 aliphatic rings. The van der Waals surface area contributed by atoms with Crippen LogP contribution in [0.15, 0.2) is 0 Å². The molecule has 4 heteroatoms. The maximum atomic E-state index is 7.82. The minimum Gasteiger partial charge on any atom is -0.376 e. The lowest BCUT2D eigenvalue weighted by Crippen LogP contribution is -2.23. The van der Waals surface area contributed by atoms with Crippen LogP contribution in [-0.4, -0.2) is 17.3 Å². The molecule has 1 aromatic rings. The molecule has 0 spiro atoms. The molecule has 2 rings (SSSR count). The van der Waals surface area contributed by atoms with Crippen molar-refractivity contribution in [1.29, 1.82) is 5.41 Å². The van der Waals surface area contributed by atoms with Gasteiger partial charge in [-0.2, -0.15) is 0 Å². The van der Waals surface area contributed by atoms with Gasteiger partial charge in [0.15, 0.2) is 4.80 Å². The van der Waals surface area contributed by atoms with Gasteiger partial charge in [0, 0.05) is 17.2 Å². The molecule has 3 nitrogen and oxygen atoms in total. The third-order valence-corrected chi connectivity index (χ3v) is 3.83. The molecule has 1 saturated heterocycles. The van der Waals surface area contributed by atoms with Crippen LogP contribution in [-0.2, 0) is 11.3 Å². The highest BCUT2D eigenvalue weighted by atomic mass is 32.1. The van der Waals surface area contributed by atoms with Crippen LogP contribution in [0, 0.1) is 19.3 Å². The van der Waals surface area contributed by atoms with Crippen molar-refractivity contribution in [3.05, 3.63) is 15.4 Å². The fraction of sp³-hybridized carbons (Fsp3) is 0.700. The van der Waals surface area contributed by atoms with E-state index in [1.807, 2.05) is 0 Å². The molecule has 78 valence electrons. The third-order valence-electron chi connectivity index (χ3n) is 2.82. The van der Waals surface area contributed by atoms with Crippen LogP contribution in [0.5, 0.6) is 0 Å². The number of rotatable bonds is 2. The predicted molar refractivity (Wildman–Crippen MR) is 56.6 cm³/mol. The molecule has 2 heterocycles. The van der Waals surface area contributed by atoms with Crippen molar-refractivity contribution < 1.29 is 4.74 Å². The number of nitrogens with one attached hydrogen (secondary N) is 1. The van der Waals surface area contributed by atoms with E-state index >= 15 is 0 Å². The minimum absolute atomic E-state index is 0.330. The zero-order valence-electron chi connectivity index (χ0n) is 8.67. The molecular formula is C10H16N2OS. The van der Waals surface area contributed by atoms with Crippen molar-refractivity contribution in [2.24, 2.45) is 0 Å². The van der Waals surface area contributed by atoms with Crippen LogP contribution in [0.1, 0.15) is 23.4 Å². The van der Waals surface area contributed by atoms with Gasteiger partial charge in [0.25, 0.3) is 0 Å². The number of hydrogen-bond acceptors (Lipinski definition) is 3. The van der Waals surface area contributed by atoms with E-state index in [4.69, 9.17) is 10.1 Å². The first-order chi connectivity index (χ1) is 6.68. The standard InChI is InChI=1S/C10H16N2OS/c1-7-8(2)14-10(11)12(7)6-9-4-3-5-13-9/h9,11H,3-6H2,1-2H3/t9-/m1/s1. The predicted octanol–water partition coefficient (Wildman–Crippen LogP) is 1.82. The Morgan fingerprint density at radius 1 is 1.57 bits per heavy atom. The Balaban J connectivity index is 2.19. The summed E-state index contributed by atoms with van der Waals surface area (Å²) in [6, 6.07) is 0. The van der Waals surface area contributed by atoms with Crippen molar-refractivity contribution >= 4 is 11.3 Å². The normalized spacial score (nSPS) is 21.7. The molecule has 0 unspecified atom stereocenters. The van der Waals surface area contributed by atoms with Crippen molar-refractivity contribution in [1.82, 2.24) is 4.57 Å². The highest BCUT2D eigenvalue weighted by molar-refractivity contribution is 7.09. The van der Waals surface area contributed by atoms with Crippen LogP contribution in [0.2, 0.25) is 0 Å². The van der Waals surface area contributed by atoms with Gasteiger partial charge in [0.05, 0.1) is 12.6 Å². The average molecular weight is 212 g/mol. The summed E-state index contributed by atoms with van der Waals surface area (Å²) in [6.45, 7) is 5.90. The van der Waals surface area contributed by atoms with E-state index in [1.54, 1.807) is 11.3 Å². The molecule has 0 saturated carbocycles. The van der Waals surface area contributed by atoms with E-state index in [0.717, 1.165) is 19.6 Å². The van der Waals surface area contributed by atoms with E-state index in [-0.39, 0.29) is 0 Å². The van der Waals surface area contributed by atoms with Gasteiger partial charge < -0.3 is 9.30 Å². The molecule has 0 aromatic carbocycles. The van der Waals surface area contributed by atoms with Crippen molar-refractivity contribution in [3.8, 4) is 0 Å². The van der Waals surface area contributed by atoms with Crippen molar-refractivity contribution in [2.45, 2.75) is 39.3 Å². The van der Waals surface area contributed by atoms with E-state index in [2.05, 4.69) is 18.4 Å². The van der Waals surface area contributed by atoms with Gasteiger partial charge >= 0.3 is 0 Å². The number of ether oxygens (including phenoxy) is 1. The summed E-state index contributed by atoms with van der Waals surface area (Å²) < 4.78 is 7.64. The van der Waals surface area contributed by atoms with Gasteiger partial charge in [-0.1, -0.05) is 0 Å². The summed E-state index contributed by atoms with van der Waals surface area (Å²) in [5, 5.41) is 7.82. The Kier molecular flexibility index (Phi) is 2.74. The van der Waals surface area contributed by atoms with Gasteiger partial charge in [0.1, 0.15) is 0 Å². The van der Waals surface area contributed by atoms with Gasteiger partial charge in [-0.05, 0) is 26.7 Å². The fourth-order valence-electron chi connectivity index (χ4n) is 1.83. The van der Waals surface area contributed by atoms with Crippen LogP contribution in [0.25, 0.3) is 0 Å². The van der Waals surface area contributed by atoms with Crippen molar-refractivity contribution in [3.63, 3.8) is 0 Å². The summed E-state index contributed by atoms with van der Waals surface area (Å²) in [7, 11) is 0. The van der Waals surface area contributed by atoms with Crippen LogP contribution in [0.3, 0.4) is 0 Å². The summed E-state index contributed by atoms with van der Waals surface area (Å²) in [4.78, 5) is 1.89. The first kappa shape index (κ1) is 9.93. The number of nitrogens with zero attached hydrogens (tertiary/aromatic N) is 1. The molecular weight excluding hydrogens is 196 g/mol. The van der Waals surface area contributed by atoms with E-state index in [1.165, 1.54) is 17.0 Å². The number of aromatic nitrogens is 1. The molecule has 0 amide bonds. The number of hydrogen-bond donors (Lipinski definition) is 1. The van der Waals surface area contributed by atoms with Crippen LogP contribution >= 0.6 is 11.3 Å². The van der Waals surface area contributed by atoms with E-state index < -0.39 is 0 Å². The second kappa shape index (κ2) is 3.87. The maximum absolute atomic E-state index is 7.82. The van der Waals surface area contributed by atoms with E-state index in [9.17, 15) is 0 Å². The quantitative estimate of drug-likeness (QED) is 0.798. The first-order valence-electron chi connectivity index (χ1n) is 5.01. The summed E-state index contributed by atoms with van der Waals surface area (Å²) >= 11 is 1.55. The third kappa shape index (κ3) is 1.77. The van der Waals surface area contributed by atoms with Gasteiger partial charge in [-0.25, -0.2) is 0 Å². The van der Waals surface area contributed by atoms with Gasteiger partial charge in [-0.3, -0.25) is 5.41 Å². The zero-order chi connectivity index (χ0) is 10.1. The molecule has 0 aliphatic carbocycles. The van der Waals surface area contributed by atoms with Crippen LogP contribution in [0.4, 0.5) is 0 Å². The maximum Gasteiger partial charge on any atom is 0.182 e. The Bertz CT molecular complexity index is 374. The second-order valence-electron chi connectivity index (χ2n) is 3.79. The molecule has 1 N–H and O–H groups in total. The number of aryl methyl sites for hydroxylation is 1. The Labute approximate surface area is 87.8 Å². The smallest absolute Gasteiger partial charge is 0.182 e. The summed E-state index contributed by atoms with van der Waals surface area (Å²) in [5.41, 5.74) is 1.22. The SMILES string of the molecule is Cc1sc(=N)n(C[C@H]2CCCO2)c1C. The van der Waals surface area contributed by atoms with Gasteiger partial charge in [0.2, 0.25) is 0 Å². The monoisotopic (exact) mass is 212 g/mol. The molecule has 1 aliphatic heterocycles. The summed E-state index contributed by atoms with van der Waals surface area (Å²) in [6.07, 6.45) is 2.64. The second-order valence-corrected chi connectivity index (χ2v) is 5.00. The number of thiazole rings is 1. The Hall–Kier alpha value is -0.610. The average Bonchev–Trinajstić information content (AvgIpc) is 2.71. The molecule has 1 atom stereocenters. The lowest BCUT2D eigenvalue weighted by molar-refractivity contribution is 0.0958. The molecule has 1 fully saturated rings.